The van der Waals surface area contributed by atoms with Crippen molar-refractivity contribution in [2.75, 3.05) is 20.2 Å². The third-order valence-electron chi connectivity index (χ3n) is 7.10. The Labute approximate surface area is 195 Å². The summed E-state index contributed by atoms with van der Waals surface area (Å²) in [5.41, 5.74) is 2.81. The number of methoxy groups -OCH3 is 1. The topological polar surface area (TPSA) is 70.5 Å². The van der Waals surface area contributed by atoms with Gasteiger partial charge >= 0.3 is 0 Å². The van der Waals surface area contributed by atoms with Gasteiger partial charge in [0.05, 0.1) is 30.6 Å². The summed E-state index contributed by atoms with van der Waals surface area (Å²) in [5, 5.41) is 15.9. The Morgan fingerprint density at radius 1 is 1.15 bits per heavy atom. The van der Waals surface area contributed by atoms with E-state index in [0.29, 0.717) is 30.4 Å². The minimum Gasteiger partial charge on any atom is -0.495 e. The van der Waals surface area contributed by atoms with Gasteiger partial charge in [0.25, 0.3) is 0 Å². The van der Waals surface area contributed by atoms with Crippen molar-refractivity contribution in [3.63, 3.8) is 0 Å². The van der Waals surface area contributed by atoms with E-state index in [-0.39, 0.29) is 0 Å². The van der Waals surface area contributed by atoms with E-state index >= 15 is 0 Å². The number of nitrogens with zero attached hydrogens (tertiary/aromatic N) is 3. The van der Waals surface area contributed by atoms with Gasteiger partial charge in [0.15, 0.2) is 0 Å². The Bertz CT molecular complexity index is 1090. The van der Waals surface area contributed by atoms with E-state index in [9.17, 15) is 5.11 Å². The molecule has 2 bridgehead atoms. The molecule has 2 aliphatic rings. The number of hydrogen-bond acceptors (Lipinski definition) is 6. The maximum atomic E-state index is 11.2. The third kappa shape index (κ3) is 4.93. The molecule has 0 amide bonds. The molecule has 2 N–H and O–H groups in total. The van der Waals surface area contributed by atoms with Gasteiger partial charge in [-0.2, -0.15) is 0 Å². The molecule has 2 aromatic heterocycles. The predicted octanol–water partition coefficient (Wildman–Crippen LogP) is 3.97. The lowest BCUT2D eigenvalue weighted by atomic mass is 9.95. The first-order valence-electron chi connectivity index (χ1n) is 11.9. The van der Waals surface area contributed by atoms with E-state index in [4.69, 9.17) is 4.74 Å². The Kier molecular flexibility index (Phi) is 6.67. The summed E-state index contributed by atoms with van der Waals surface area (Å²) < 4.78 is 5.36. The van der Waals surface area contributed by atoms with Crippen molar-refractivity contribution in [2.45, 2.75) is 49.9 Å². The fourth-order valence-electron chi connectivity index (χ4n) is 5.48. The summed E-state index contributed by atoms with van der Waals surface area (Å²) in [4.78, 5) is 11.4. The highest BCUT2D eigenvalue weighted by Gasteiger charge is 2.41. The number of fused-ring (bicyclic) bond motifs is 3. The van der Waals surface area contributed by atoms with Crippen LogP contribution in [0.2, 0.25) is 0 Å². The SMILES string of the molecule is COc1cnc2cccc(C(O)CN3C4CCC3CC(NC/C=C/c3ccccn3)C4)c2c1. The summed E-state index contributed by atoms with van der Waals surface area (Å²) in [6.45, 7) is 1.52. The Balaban J connectivity index is 1.20. The van der Waals surface area contributed by atoms with E-state index in [1.54, 1.807) is 13.3 Å². The summed E-state index contributed by atoms with van der Waals surface area (Å²) in [7, 11) is 1.64. The smallest absolute Gasteiger partial charge is 0.137 e. The Morgan fingerprint density at radius 3 is 2.76 bits per heavy atom. The first kappa shape index (κ1) is 22.0. The third-order valence-corrected chi connectivity index (χ3v) is 7.10. The fourth-order valence-corrected chi connectivity index (χ4v) is 5.48. The molecule has 0 radical (unpaired) electrons. The average Bonchev–Trinajstić information content (AvgIpc) is 3.08. The number of nitrogens with one attached hydrogen (secondary N) is 1. The van der Waals surface area contributed by atoms with Crippen LogP contribution < -0.4 is 10.1 Å². The van der Waals surface area contributed by atoms with Crippen LogP contribution in [0.15, 0.2) is 60.9 Å². The molecular weight excluding hydrogens is 412 g/mol. The molecule has 4 heterocycles. The quantitative estimate of drug-likeness (QED) is 0.548. The van der Waals surface area contributed by atoms with Gasteiger partial charge in [-0.05, 0) is 61.6 Å². The van der Waals surface area contributed by atoms with Crippen LogP contribution in [-0.4, -0.2) is 58.3 Å². The highest BCUT2D eigenvalue weighted by molar-refractivity contribution is 5.83. The van der Waals surface area contributed by atoms with E-state index in [1.165, 1.54) is 12.8 Å². The predicted molar refractivity (Wildman–Crippen MR) is 131 cm³/mol. The molecule has 0 aliphatic carbocycles. The molecule has 2 fully saturated rings. The number of benzene rings is 1. The van der Waals surface area contributed by atoms with Crippen LogP contribution in [0.25, 0.3) is 17.0 Å². The van der Waals surface area contributed by atoms with E-state index in [0.717, 1.165) is 41.5 Å². The van der Waals surface area contributed by atoms with Gasteiger partial charge in [0, 0.05) is 42.8 Å². The number of rotatable bonds is 8. The van der Waals surface area contributed by atoms with Gasteiger partial charge in [0.1, 0.15) is 5.75 Å². The molecule has 6 heteroatoms. The molecule has 33 heavy (non-hydrogen) atoms. The zero-order valence-electron chi connectivity index (χ0n) is 19.1. The van der Waals surface area contributed by atoms with Crippen LogP contribution in [-0.2, 0) is 0 Å². The molecule has 3 atom stereocenters. The minimum absolute atomic E-state index is 0.523. The molecule has 2 aliphatic heterocycles. The summed E-state index contributed by atoms with van der Waals surface area (Å²) in [5.74, 6) is 0.714. The van der Waals surface area contributed by atoms with Crippen molar-refractivity contribution in [1.29, 1.82) is 0 Å². The highest BCUT2D eigenvalue weighted by Crippen LogP contribution is 2.37. The van der Waals surface area contributed by atoms with Crippen LogP contribution in [0.5, 0.6) is 5.75 Å². The van der Waals surface area contributed by atoms with Crippen molar-refractivity contribution in [1.82, 2.24) is 20.2 Å². The summed E-state index contributed by atoms with van der Waals surface area (Å²) in [6.07, 6.45) is 11.9. The second kappa shape index (κ2) is 10.00. The largest absolute Gasteiger partial charge is 0.495 e. The fraction of sp³-hybridized carbons (Fsp3) is 0.407. The van der Waals surface area contributed by atoms with Gasteiger partial charge in [-0.25, -0.2) is 0 Å². The van der Waals surface area contributed by atoms with E-state index in [1.807, 2.05) is 48.7 Å². The van der Waals surface area contributed by atoms with E-state index < -0.39 is 6.10 Å². The van der Waals surface area contributed by atoms with Crippen molar-refractivity contribution < 1.29 is 9.84 Å². The van der Waals surface area contributed by atoms with Gasteiger partial charge in [-0.3, -0.25) is 14.9 Å². The van der Waals surface area contributed by atoms with Crippen molar-refractivity contribution >= 4 is 17.0 Å². The summed E-state index contributed by atoms with van der Waals surface area (Å²) >= 11 is 0. The molecule has 0 saturated carbocycles. The molecule has 5 rings (SSSR count). The first-order valence-corrected chi connectivity index (χ1v) is 11.9. The average molecular weight is 445 g/mol. The number of ether oxygens (including phenoxy) is 1. The van der Waals surface area contributed by atoms with Crippen LogP contribution in [0.1, 0.15) is 43.0 Å². The Hall–Kier alpha value is -2.80. The van der Waals surface area contributed by atoms with Crippen molar-refractivity contribution in [3.05, 3.63) is 72.2 Å². The molecule has 0 spiro atoms. The van der Waals surface area contributed by atoms with Crippen molar-refractivity contribution in [2.24, 2.45) is 0 Å². The van der Waals surface area contributed by atoms with Crippen molar-refractivity contribution in [3.8, 4) is 5.75 Å². The van der Waals surface area contributed by atoms with E-state index in [2.05, 4.69) is 32.3 Å². The molecular formula is C27H32N4O2. The normalized spacial score (nSPS) is 23.9. The first-order chi connectivity index (χ1) is 16.2. The van der Waals surface area contributed by atoms with Gasteiger partial charge in [-0.15, -0.1) is 0 Å². The Morgan fingerprint density at radius 2 is 2.00 bits per heavy atom. The van der Waals surface area contributed by atoms with Gasteiger partial charge in [-0.1, -0.05) is 24.3 Å². The number of aromatic nitrogens is 2. The molecule has 3 unspecified atom stereocenters. The number of piperidine rings is 1. The lowest BCUT2D eigenvalue weighted by Gasteiger charge is -2.40. The molecule has 1 aromatic carbocycles. The number of aliphatic hydroxyl groups excluding tert-OH is 1. The van der Waals surface area contributed by atoms with Crippen LogP contribution in [0, 0.1) is 0 Å². The molecule has 2 saturated heterocycles. The number of hydrogen-bond donors (Lipinski definition) is 2. The number of aliphatic hydroxyl groups is 1. The van der Waals surface area contributed by atoms with Gasteiger partial charge < -0.3 is 15.2 Å². The standard InChI is InChI=1S/C27H32N4O2/c1-33-23-16-25-24(8-4-9-26(25)30-17-23)27(32)18-31-21-10-11-22(31)15-20(14-21)29-13-5-7-19-6-2-3-12-28-19/h2-9,12,16-17,20-22,27,29,32H,10-11,13-15,18H2,1H3/b7-5+. The zero-order valence-corrected chi connectivity index (χ0v) is 19.1. The molecule has 3 aromatic rings. The second-order valence-electron chi connectivity index (χ2n) is 9.12. The van der Waals surface area contributed by atoms with Crippen LogP contribution >= 0.6 is 0 Å². The maximum Gasteiger partial charge on any atom is 0.137 e. The summed E-state index contributed by atoms with van der Waals surface area (Å²) in [6, 6.07) is 15.5. The lowest BCUT2D eigenvalue weighted by Crippen LogP contribution is -2.50. The molecule has 172 valence electrons. The number of pyridine rings is 2. The second-order valence-corrected chi connectivity index (χ2v) is 9.12. The van der Waals surface area contributed by atoms with Crippen LogP contribution in [0.4, 0.5) is 0 Å². The monoisotopic (exact) mass is 444 g/mol. The minimum atomic E-state index is -0.545. The van der Waals surface area contributed by atoms with Crippen LogP contribution in [0.3, 0.4) is 0 Å². The highest BCUT2D eigenvalue weighted by atomic mass is 16.5. The maximum absolute atomic E-state index is 11.2. The van der Waals surface area contributed by atoms with Gasteiger partial charge in [0.2, 0.25) is 0 Å². The zero-order chi connectivity index (χ0) is 22.6. The lowest BCUT2D eigenvalue weighted by molar-refractivity contribution is 0.0529. The molecule has 6 nitrogen and oxygen atoms in total.